The smallest absolute Gasteiger partial charge is 0.306 e. The number of rotatable bonds is 10. The van der Waals surface area contributed by atoms with Crippen LogP contribution >= 0.6 is 0 Å². The average molecular weight is 389 g/mol. The normalized spacial score (nSPS) is 27.7. The van der Waals surface area contributed by atoms with Gasteiger partial charge < -0.3 is 29.7 Å². The van der Waals surface area contributed by atoms with Gasteiger partial charge in [-0.25, -0.2) is 0 Å². The summed E-state index contributed by atoms with van der Waals surface area (Å²) >= 11 is 0. The summed E-state index contributed by atoms with van der Waals surface area (Å²) in [5, 5.41) is 22.4. The van der Waals surface area contributed by atoms with Gasteiger partial charge in [0.05, 0.1) is 6.61 Å². The Kier molecular flexibility index (Phi) is 10.3. The molecule has 0 bridgehead atoms. The second-order valence-corrected chi connectivity index (χ2v) is 6.50. The van der Waals surface area contributed by atoms with Crippen LogP contribution in [-0.4, -0.2) is 65.3 Å². The third-order valence-corrected chi connectivity index (χ3v) is 4.09. The number of ether oxygens (including phenoxy) is 3. The maximum Gasteiger partial charge on any atom is 0.306 e. The summed E-state index contributed by atoms with van der Waals surface area (Å²) < 4.78 is 16.1. The molecule has 0 aliphatic carbocycles. The Bertz CT molecular complexity index is 498. The van der Waals surface area contributed by atoms with E-state index >= 15 is 0 Å². The van der Waals surface area contributed by atoms with E-state index in [1.807, 2.05) is 6.92 Å². The van der Waals surface area contributed by atoms with Crippen molar-refractivity contribution in [2.75, 3.05) is 6.61 Å². The monoisotopic (exact) mass is 389 g/mol. The zero-order valence-corrected chi connectivity index (χ0v) is 16.2. The topological polar surface area (TPSA) is 131 Å². The van der Waals surface area contributed by atoms with Crippen LogP contribution in [0.5, 0.6) is 0 Å². The minimum atomic E-state index is -1.52. The highest BCUT2D eigenvalue weighted by atomic mass is 16.7. The summed E-state index contributed by atoms with van der Waals surface area (Å²) in [6.07, 6.45) is -2.77. The highest BCUT2D eigenvalue weighted by Crippen LogP contribution is 2.26. The molecule has 3 N–H and O–H groups in total. The van der Waals surface area contributed by atoms with E-state index in [1.54, 1.807) is 13.8 Å². The van der Waals surface area contributed by atoms with Crippen molar-refractivity contribution < 1.29 is 38.8 Å². The summed E-state index contributed by atoms with van der Waals surface area (Å²) in [7, 11) is 0. The third-order valence-electron chi connectivity index (χ3n) is 4.09. The Morgan fingerprint density at radius 3 is 1.93 bits per heavy atom. The molecule has 1 saturated heterocycles. The van der Waals surface area contributed by atoms with Gasteiger partial charge in [0.1, 0.15) is 12.1 Å². The molecule has 27 heavy (non-hydrogen) atoms. The van der Waals surface area contributed by atoms with Crippen LogP contribution in [0.2, 0.25) is 0 Å². The quantitative estimate of drug-likeness (QED) is 0.458. The van der Waals surface area contributed by atoms with Crippen molar-refractivity contribution in [3.05, 3.63) is 0 Å². The Labute approximate surface area is 159 Å². The summed E-state index contributed by atoms with van der Waals surface area (Å²) in [5.41, 5.74) is 0. The minimum Gasteiger partial charge on any atom is -0.456 e. The number of hydrogen-bond acceptors (Lipinski definition) is 8. The summed E-state index contributed by atoms with van der Waals surface area (Å²) in [6.45, 7) is 4.87. The molecular formula is C18H31NO8. The molecule has 1 fully saturated rings. The van der Waals surface area contributed by atoms with Gasteiger partial charge in [0.15, 0.2) is 18.5 Å². The van der Waals surface area contributed by atoms with Gasteiger partial charge in [-0.1, -0.05) is 20.8 Å². The van der Waals surface area contributed by atoms with E-state index in [4.69, 9.17) is 14.2 Å². The van der Waals surface area contributed by atoms with E-state index in [-0.39, 0.29) is 25.2 Å². The van der Waals surface area contributed by atoms with E-state index in [0.29, 0.717) is 19.3 Å². The molecule has 0 saturated carbocycles. The molecule has 156 valence electrons. The zero-order valence-electron chi connectivity index (χ0n) is 16.2. The highest BCUT2D eigenvalue weighted by Gasteiger charge is 2.50. The maximum absolute atomic E-state index is 12.1. The van der Waals surface area contributed by atoms with Gasteiger partial charge in [0.2, 0.25) is 5.91 Å². The van der Waals surface area contributed by atoms with Crippen LogP contribution in [0.4, 0.5) is 0 Å². The van der Waals surface area contributed by atoms with Crippen molar-refractivity contribution in [3.63, 3.8) is 0 Å². The van der Waals surface area contributed by atoms with E-state index in [0.717, 1.165) is 0 Å². The molecule has 1 amide bonds. The predicted molar refractivity (Wildman–Crippen MR) is 94.4 cm³/mol. The number of carbonyl (C=O) groups is 3. The summed E-state index contributed by atoms with van der Waals surface area (Å²) in [5.74, 6) is -1.46. The molecule has 5 atom stereocenters. The van der Waals surface area contributed by atoms with Crippen LogP contribution in [0.3, 0.4) is 0 Å². The van der Waals surface area contributed by atoms with Gasteiger partial charge in [-0.2, -0.15) is 0 Å². The van der Waals surface area contributed by atoms with Crippen LogP contribution < -0.4 is 5.32 Å². The van der Waals surface area contributed by atoms with Crippen LogP contribution in [-0.2, 0) is 28.6 Å². The predicted octanol–water partition coefficient (Wildman–Crippen LogP) is 0.405. The number of carbonyl (C=O) groups excluding carboxylic acids is 3. The van der Waals surface area contributed by atoms with Crippen molar-refractivity contribution in [2.24, 2.45) is 0 Å². The number of esters is 2. The van der Waals surface area contributed by atoms with Gasteiger partial charge >= 0.3 is 11.9 Å². The fraction of sp³-hybridized carbons (Fsp3) is 0.833. The molecule has 1 unspecified atom stereocenters. The first kappa shape index (κ1) is 23.3. The van der Waals surface area contributed by atoms with E-state index in [1.165, 1.54) is 0 Å². The maximum atomic E-state index is 12.1. The molecule has 0 aromatic rings. The molecule has 1 aliphatic heterocycles. The van der Waals surface area contributed by atoms with E-state index in [2.05, 4.69) is 5.32 Å². The van der Waals surface area contributed by atoms with Crippen LogP contribution in [0, 0.1) is 0 Å². The number of amides is 1. The standard InChI is InChI=1S/C18H31NO8/c1-4-7-12(21)19-15-17(27-14(23)9-6-3)16(26-13(22)8-5-2)11(10-20)25-18(15)24/h11,15-18,20,24H,4-10H2,1-3H3,(H,19,21)/t11-,15-,16-,17-,18?/m1/s1. The summed E-state index contributed by atoms with van der Waals surface area (Å²) in [4.78, 5) is 36.1. The Hall–Kier alpha value is -1.71. The average Bonchev–Trinajstić information content (AvgIpc) is 2.60. The first-order chi connectivity index (χ1) is 12.9. The number of aliphatic hydroxyl groups excluding tert-OH is 2. The molecular weight excluding hydrogens is 358 g/mol. The summed E-state index contributed by atoms with van der Waals surface area (Å²) in [6, 6.07) is -1.12. The van der Waals surface area contributed by atoms with Crippen LogP contribution in [0.25, 0.3) is 0 Å². The second-order valence-electron chi connectivity index (χ2n) is 6.50. The lowest BCUT2D eigenvalue weighted by Crippen LogP contribution is -2.66. The Morgan fingerprint density at radius 1 is 0.926 bits per heavy atom. The van der Waals surface area contributed by atoms with Gasteiger partial charge in [0.25, 0.3) is 0 Å². The molecule has 0 spiro atoms. The van der Waals surface area contributed by atoms with Crippen molar-refractivity contribution in [3.8, 4) is 0 Å². The van der Waals surface area contributed by atoms with E-state index < -0.39 is 49.2 Å². The zero-order chi connectivity index (χ0) is 20.4. The molecule has 0 aromatic carbocycles. The molecule has 1 heterocycles. The SMILES string of the molecule is CCCC(=O)N[C@H]1C(O)O[C@H](CO)[C@@H](OC(=O)CCC)[C@@H]1OC(=O)CCC. The Morgan fingerprint density at radius 2 is 1.44 bits per heavy atom. The van der Waals surface area contributed by atoms with Gasteiger partial charge in [-0.05, 0) is 19.3 Å². The highest BCUT2D eigenvalue weighted by molar-refractivity contribution is 5.76. The number of aliphatic hydroxyl groups is 2. The lowest BCUT2D eigenvalue weighted by atomic mass is 9.96. The molecule has 1 aliphatic rings. The minimum absolute atomic E-state index is 0.127. The third kappa shape index (κ3) is 7.08. The fourth-order valence-electron chi connectivity index (χ4n) is 2.82. The van der Waals surface area contributed by atoms with Gasteiger partial charge in [0, 0.05) is 19.3 Å². The first-order valence-electron chi connectivity index (χ1n) is 9.50. The largest absolute Gasteiger partial charge is 0.456 e. The van der Waals surface area contributed by atoms with Crippen LogP contribution in [0.15, 0.2) is 0 Å². The van der Waals surface area contributed by atoms with Crippen molar-refractivity contribution in [1.82, 2.24) is 5.32 Å². The number of hydrogen-bond donors (Lipinski definition) is 3. The fourth-order valence-corrected chi connectivity index (χ4v) is 2.82. The molecule has 0 aromatic heterocycles. The van der Waals surface area contributed by atoms with Crippen molar-refractivity contribution >= 4 is 17.8 Å². The van der Waals surface area contributed by atoms with Crippen LogP contribution in [0.1, 0.15) is 59.3 Å². The lowest BCUT2D eigenvalue weighted by Gasteiger charge is -2.43. The van der Waals surface area contributed by atoms with Gasteiger partial charge in [-0.3, -0.25) is 14.4 Å². The van der Waals surface area contributed by atoms with E-state index in [9.17, 15) is 24.6 Å². The molecule has 1 rings (SSSR count). The lowest BCUT2D eigenvalue weighted by molar-refractivity contribution is -0.264. The first-order valence-corrected chi connectivity index (χ1v) is 9.50. The van der Waals surface area contributed by atoms with Crippen molar-refractivity contribution in [2.45, 2.75) is 89.9 Å². The Balaban J connectivity index is 3.10. The molecule has 9 nitrogen and oxygen atoms in total. The number of nitrogens with one attached hydrogen (secondary N) is 1. The molecule has 9 heteroatoms. The van der Waals surface area contributed by atoms with Gasteiger partial charge in [-0.15, -0.1) is 0 Å². The van der Waals surface area contributed by atoms with Crippen molar-refractivity contribution in [1.29, 1.82) is 0 Å². The second kappa shape index (κ2) is 11.9. The molecule has 0 radical (unpaired) electrons.